The molecule has 7 heteroatoms. The zero-order valence-corrected chi connectivity index (χ0v) is 11.9. The van der Waals surface area contributed by atoms with Crippen molar-refractivity contribution in [1.82, 2.24) is 20.0 Å². The van der Waals surface area contributed by atoms with E-state index in [2.05, 4.69) is 31.5 Å². The first-order valence-electron chi connectivity index (χ1n) is 5.70. The van der Waals surface area contributed by atoms with Gasteiger partial charge in [0.1, 0.15) is 0 Å². The molecule has 1 N–H and O–H groups in total. The molecule has 0 radical (unpaired) electrons. The van der Waals surface area contributed by atoms with Crippen LogP contribution in [0.15, 0.2) is 28.7 Å². The van der Waals surface area contributed by atoms with Crippen molar-refractivity contribution in [3.8, 4) is 0 Å². The largest absolute Gasteiger partial charge is 0.478 e. The van der Waals surface area contributed by atoms with Crippen molar-refractivity contribution in [3.63, 3.8) is 0 Å². The Kier molecular flexibility index (Phi) is 3.75. The van der Waals surface area contributed by atoms with E-state index in [1.54, 1.807) is 12.1 Å². The Balaban J connectivity index is 0.000000637. The van der Waals surface area contributed by atoms with Crippen LogP contribution >= 0.6 is 15.9 Å². The van der Waals surface area contributed by atoms with Crippen molar-refractivity contribution in [2.45, 2.75) is 13.8 Å². The molecule has 0 saturated carbocycles. The number of hydrogen-bond acceptors (Lipinski definition) is 4. The van der Waals surface area contributed by atoms with Crippen LogP contribution in [0, 0.1) is 0 Å². The highest BCUT2D eigenvalue weighted by atomic mass is 79.9. The summed E-state index contributed by atoms with van der Waals surface area (Å²) >= 11 is 3.32. The number of tetrazole rings is 1. The number of fused-ring (bicyclic) bond motifs is 3. The van der Waals surface area contributed by atoms with Crippen molar-refractivity contribution in [2.24, 2.45) is 0 Å². The Morgan fingerprint density at radius 1 is 1.32 bits per heavy atom. The summed E-state index contributed by atoms with van der Waals surface area (Å²) in [5, 5.41) is 20.9. The number of benzene rings is 1. The van der Waals surface area contributed by atoms with Crippen LogP contribution in [0.1, 0.15) is 24.2 Å². The Hall–Kier alpha value is -2.02. The predicted molar refractivity (Wildman–Crippen MR) is 74.3 cm³/mol. The Labute approximate surface area is 117 Å². The van der Waals surface area contributed by atoms with Gasteiger partial charge in [-0.15, -0.1) is 5.10 Å². The number of aromatic nitrogens is 4. The average molecular weight is 323 g/mol. The summed E-state index contributed by atoms with van der Waals surface area (Å²) in [5.41, 5.74) is 1.26. The molecule has 0 saturated heterocycles. The highest BCUT2D eigenvalue weighted by Crippen LogP contribution is 2.24. The van der Waals surface area contributed by atoms with Crippen molar-refractivity contribution in [2.75, 3.05) is 0 Å². The summed E-state index contributed by atoms with van der Waals surface area (Å²) < 4.78 is 2.31. The number of carboxylic acid groups (broad SMARTS) is 1. The molecule has 1 aromatic carbocycles. The lowest BCUT2D eigenvalue weighted by Crippen LogP contribution is -2.01. The van der Waals surface area contributed by atoms with Gasteiger partial charge in [0.25, 0.3) is 0 Å². The zero-order chi connectivity index (χ0) is 14.0. The number of rotatable bonds is 1. The number of carboxylic acids is 1. The van der Waals surface area contributed by atoms with Gasteiger partial charge < -0.3 is 5.11 Å². The van der Waals surface area contributed by atoms with Gasteiger partial charge in [-0.3, -0.25) is 0 Å². The van der Waals surface area contributed by atoms with Crippen LogP contribution in [0.25, 0.3) is 16.6 Å². The second-order valence-corrected chi connectivity index (χ2v) is 4.39. The zero-order valence-electron chi connectivity index (χ0n) is 10.3. The Bertz CT molecular complexity index is 754. The number of hydrogen-bond donors (Lipinski definition) is 1. The topological polar surface area (TPSA) is 80.4 Å². The van der Waals surface area contributed by atoms with Gasteiger partial charge >= 0.3 is 5.97 Å². The molecule has 3 rings (SSSR count). The molecule has 0 unspecified atom stereocenters. The van der Waals surface area contributed by atoms with E-state index in [4.69, 9.17) is 0 Å². The highest BCUT2D eigenvalue weighted by molar-refractivity contribution is 9.10. The van der Waals surface area contributed by atoms with Crippen LogP contribution in [0.4, 0.5) is 0 Å². The molecule has 6 nitrogen and oxygen atoms in total. The van der Waals surface area contributed by atoms with Crippen molar-refractivity contribution in [3.05, 3.63) is 34.3 Å². The van der Waals surface area contributed by atoms with Crippen LogP contribution in [-0.2, 0) is 0 Å². The standard InChI is InChI=1S/C10H5BrN4O2.C2H6/c11-5-1-2-8-6(3-5)7(10(16)17)4-9-12-13-14-15(8)9;1-2/h1-4H,(H,16,17);1-2H3. The van der Waals surface area contributed by atoms with Gasteiger partial charge in [-0.2, -0.15) is 4.52 Å². The number of carbonyl (C=O) groups is 1. The molecular formula is C12H11BrN4O2. The monoisotopic (exact) mass is 322 g/mol. The summed E-state index contributed by atoms with van der Waals surface area (Å²) in [4.78, 5) is 11.2. The number of pyridine rings is 1. The van der Waals surface area contributed by atoms with Gasteiger partial charge in [0.05, 0.1) is 11.1 Å². The summed E-state index contributed by atoms with van der Waals surface area (Å²) in [6, 6.07) is 6.78. The van der Waals surface area contributed by atoms with Crippen LogP contribution in [0.5, 0.6) is 0 Å². The van der Waals surface area contributed by atoms with Gasteiger partial charge in [-0.1, -0.05) is 29.8 Å². The fourth-order valence-corrected chi connectivity index (χ4v) is 2.11. The fraction of sp³-hybridized carbons (Fsp3) is 0.167. The van der Waals surface area contributed by atoms with Gasteiger partial charge in [-0.25, -0.2) is 4.79 Å². The van der Waals surface area contributed by atoms with E-state index in [0.717, 1.165) is 4.47 Å². The van der Waals surface area contributed by atoms with Crippen molar-refractivity contribution >= 4 is 38.4 Å². The molecule has 0 fully saturated rings. The van der Waals surface area contributed by atoms with Gasteiger partial charge in [0, 0.05) is 15.9 Å². The molecule has 2 aromatic heterocycles. The van der Waals surface area contributed by atoms with E-state index in [1.807, 2.05) is 19.9 Å². The Morgan fingerprint density at radius 3 is 2.74 bits per heavy atom. The van der Waals surface area contributed by atoms with Gasteiger partial charge in [0.15, 0.2) is 5.65 Å². The maximum absolute atomic E-state index is 11.2. The minimum absolute atomic E-state index is 0.184. The molecule has 0 aliphatic carbocycles. The van der Waals surface area contributed by atoms with E-state index in [0.29, 0.717) is 16.6 Å². The number of aromatic carboxylic acids is 1. The van der Waals surface area contributed by atoms with Crippen LogP contribution in [0.2, 0.25) is 0 Å². The van der Waals surface area contributed by atoms with E-state index >= 15 is 0 Å². The molecule has 3 aromatic rings. The maximum atomic E-state index is 11.2. The van der Waals surface area contributed by atoms with Gasteiger partial charge in [-0.05, 0) is 28.6 Å². The van der Waals surface area contributed by atoms with Crippen LogP contribution in [0.3, 0.4) is 0 Å². The third-order valence-corrected chi connectivity index (χ3v) is 2.97. The first-order chi connectivity index (χ1) is 9.16. The molecule has 98 valence electrons. The van der Waals surface area contributed by atoms with E-state index in [-0.39, 0.29) is 5.56 Å². The summed E-state index contributed by atoms with van der Waals surface area (Å²) in [6.07, 6.45) is 0. The van der Waals surface area contributed by atoms with Crippen LogP contribution in [-0.4, -0.2) is 31.1 Å². The SMILES string of the molecule is CC.O=C(O)c1cc2nnnn2c2ccc(Br)cc12. The smallest absolute Gasteiger partial charge is 0.336 e. The first-order valence-corrected chi connectivity index (χ1v) is 6.50. The molecule has 0 atom stereocenters. The molecule has 2 heterocycles. The van der Waals surface area contributed by atoms with Crippen LogP contribution < -0.4 is 0 Å². The lowest BCUT2D eigenvalue weighted by molar-refractivity contribution is 0.0699. The third-order valence-electron chi connectivity index (χ3n) is 2.47. The normalized spacial score (nSPS) is 10.3. The predicted octanol–water partition coefficient (Wildman–Crippen LogP) is 2.76. The molecule has 0 spiro atoms. The second-order valence-electron chi connectivity index (χ2n) is 3.47. The molecule has 0 bridgehead atoms. The third kappa shape index (κ3) is 2.28. The number of nitrogens with zero attached hydrogens (tertiary/aromatic N) is 4. The first kappa shape index (κ1) is 13.4. The number of halogens is 1. The van der Waals surface area contributed by atoms with Crippen molar-refractivity contribution in [1.29, 1.82) is 0 Å². The van der Waals surface area contributed by atoms with Gasteiger partial charge in [0.2, 0.25) is 0 Å². The maximum Gasteiger partial charge on any atom is 0.336 e. The Morgan fingerprint density at radius 2 is 2.05 bits per heavy atom. The fourth-order valence-electron chi connectivity index (χ4n) is 1.75. The minimum atomic E-state index is -1.00. The quantitative estimate of drug-likeness (QED) is 0.745. The van der Waals surface area contributed by atoms with E-state index in [9.17, 15) is 9.90 Å². The van der Waals surface area contributed by atoms with Crippen molar-refractivity contribution < 1.29 is 9.90 Å². The second kappa shape index (κ2) is 5.31. The molecule has 0 aliphatic heterocycles. The van der Waals surface area contributed by atoms with E-state index in [1.165, 1.54) is 10.6 Å². The summed E-state index contributed by atoms with van der Waals surface area (Å²) in [6.45, 7) is 4.00. The highest BCUT2D eigenvalue weighted by Gasteiger charge is 2.14. The molecule has 0 aliphatic rings. The summed E-state index contributed by atoms with van der Waals surface area (Å²) in [5.74, 6) is -1.00. The summed E-state index contributed by atoms with van der Waals surface area (Å²) in [7, 11) is 0. The molecular weight excluding hydrogens is 312 g/mol. The lowest BCUT2D eigenvalue weighted by atomic mass is 10.1. The lowest BCUT2D eigenvalue weighted by Gasteiger charge is -2.04. The average Bonchev–Trinajstić information content (AvgIpc) is 2.87. The molecule has 0 amide bonds. The molecule has 19 heavy (non-hydrogen) atoms. The van der Waals surface area contributed by atoms with E-state index < -0.39 is 5.97 Å². The minimum Gasteiger partial charge on any atom is -0.478 e.